The summed E-state index contributed by atoms with van der Waals surface area (Å²) in [5.74, 6) is -0.263. The predicted molar refractivity (Wildman–Crippen MR) is 90.6 cm³/mol. The molecule has 1 rings (SSSR count). The smallest absolute Gasteiger partial charge is 0.408 e. The summed E-state index contributed by atoms with van der Waals surface area (Å²) in [5.41, 5.74) is -0.646. The van der Waals surface area contributed by atoms with Crippen LogP contribution in [0.2, 0.25) is 0 Å². The number of hydrogen-bond donors (Lipinski definition) is 2. The molecule has 7 nitrogen and oxygen atoms in total. The van der Waals surface area contributed by atoms with Crippen molar-refractivity contribution in [3.63, 3.8) is 0 Å². The molecule has 1 unspecified atom stereocenters. The van der Waals surface area contributed by atoms with E-state index in [1.54, 1.807) is 31.7 Å². The first-order valence-corrected chi connectivity index (χ1v) is 8.38. The van der Waals surface area contributed by atoms with Gasteiger partial charge in [-0.15, -0.1) is 6.58 Å². The lowest BCUT2D eigenvalue weighted by molar-refractivity contribution is -0.134. The van der Waals surface area contributed by atoms with Crippen LogP contribution in [0.25, 0.3) is 0 Å². The number of allylic oxidation sites excluding steroid dienone is 1. The van der Waals surface area contributed by atoms with Crippen LogP contribution < -0.4 is 5.32 Å². The van der Waals surface area contributed by atoms with Crippen LogP contribution in [0.5, 0.6) is 0 Å². The lowest BCUT2D eigenvalue weighted by Gasteiger charge is -2.26. The van der Waals surface area contributed by atoms with Gasteiger partial charge in [0.05, 0.1) is 12.7 Å². The summed E-state index contributed by atoms with van der Waals surface area (Å²) in [7, 11) is 0. The number of likely N-dealkylation sites (tertiary alicyclic amines) is 1. The zero-order valence-electron chi connectivity index (χ0n) is 14.9. The van der Waals surface area contributed by atoms with Crippen molar-refractivity contribution in [2.24, 2.45) is 0 Å². The maximum atomic E-state index is 12.6. The molecule has 0 aromatic rings. The van der Waals surface area contributed by atoms with E-state index < -0.39 is 23.8 Å². The maximum Gasteiger partial charge on any atom is 0.408 e. The maximum absolute atomic E-state index is 12.6. The number of nitrogens with one attached hydrogen (secondary N) is 1. The Morgan fingerprint density at radius 1 is 1.46 bits per heavy atom. The fourth-order valence-electron chi connectivity index (χ4n) is 2.32. The van der Waals surface area contributed by atoms with Crippen molar-refractivity contribution in [2.45, 2.75) is 57.8 Å². The van der Waals surface area contributed by atoms with Gasteiger partial charge in [0.25, 0.3) is 0 Å². The number of rotatable bonds is 8. The molecular formula is C17H30N2O5. The molecule has 0 aliphatic carbocycles. The van der Waals surface area contributed by atoms with Crippen molar-refractivity contribution in [2.75, 3.05) is 26.3 Å². The third-order valence-corrected chi connectivity index (χ3v) is 3.45. The predicted octanol–water partition coefficient (Wildman–Crippen LogP) is 1.46. The zero-order valence-corrected chi connectivity index (χ0v) is 14.9. The minimum Gasteiger partial charge on any atom is -0.444 e. The Labute approximate surface area is 144 Å². The molecule has 1 aliphatic heterocycles. The second-order valence-electron chi connectivity index (χ2n) is 6.93. The van der Waals surface area contributed by atoms with Crippen LogP contribution >= 0.6 is 0 Å². The number of unbranched alkanes of at least 4 members (excludes halogenated alkanes) is 1. The lowest BCUT2D eigenvalue weighted by Crippen LogP contribution is -2.51. The lowest BCUT2D eigenvalue weighted by atomic mass is 10.2. The molecule has 0 saturated carbocycles. The van der Waals surface area contributed by atoms with Crippen LogP contribution in [-0.4, -0.2) is 66.1 Å². The number of alkyl carbamates (subject to hydrolysis) is 1. The van der Waals surface area contributed by atoms with E-state index in [1.165, 1.54) is 0 Å². The molecule has 0 aromatic carbocycles. The quantitative estimate of drug-likeness (QED) is 0.515. The minimum absolute atomic E-state index is 0.0712. The molecule has 1 saturated heterocycles. The fourth-order valence-corrected chi connectivity index (χ4v) is 2.32. The van der Waals surface area contributed by atoms with Gasteiger partial charge in [0.2, 0.25) is 5.91 Å². The number of aliphatic hydroxyl groups is 1. The molecule has 7 heteroatoms. The first-order chi connectivity index (χ1) is 11.2. The van der Waals surface area contributed by atoms with Gasteiger partial charge in [-0.2, -0.15) is 0 Å². The Morgan fingerprint density at radius 2 is 2.17 bits per heavy atom. The number of β-amino-alcohol motifs (C(OH)–C–C–N with tert-alkyl or cyclic N) is 1. The number of hydrogen-bond acceptors (Lipinski definition) is 5. The van der Waals surface area contributed by atoms with E-state index in [0.717, 1.165) is 12.8 Å². The number of carbonyl (C=O) groups excluding carboxylic acids is 2. The van der Waals surface area contributed by atoms with Crippen LogP contribution in [0.4, 0.5) is 4.79 Å². The van der Waals surface area contributed by atoms with Gasteiger partial charge in [0.15, 0.2) is 0 Å². The van der Waals surface area contributed by atoms with Crippen molar-refractivity contribution in [1.82, 2.24) is 10.2 Å². The molecule has 0 radical (unpaired) electrons. The summed E-state index contributed by atoms with van der Waals surface area (Å²) in [4.78, 5) is 26.1. The number of ether oxygens (including phenoxy) is 2. The van der Waals surface area contributed by atoms with E-state index in [0.29, 0.717) is 19.6 Å². The van der Waals surface area contributed by atoms with E-state index >= 15 is 0 Å². The highest BCUT2D eigenvalue weighted by Crippen LogP contribution is 2.12. The van der Waals surface area contributed by atoms with E-state index in [-0.39, 0.29) is 19.1 Å². The molecule has 2 atom stereocenters. The summed E-state index contributed by atoms with van der Waals surface area (Å²) in [6, 6.07) is -0.825. The van der Waals surface area contributed by atoms with E-state index in [9.17, 15) is 14.7 Å². The molecule has 2 amide bonds. The van der Waals surface area contributed by atoms with Gasteiger partial charge >= 0.3 is 6.09 Å². The highest BCUT2D eigenvalue weighted by atomic mass is 16.6. The third-order valence-electron chi connectivity index (χ3n) is 3.45. The normalized spacial score (nSPS) is 19.0. The topological polar surface area (TPSA) is 88.1 Å². The Bertz CT molecular complexity index is 433. The molecule has 0 spiro atoms. The average Bonchev–Trinajstić information content (AvgIpc) is 2.89. The summed E-state index contributed by atoms with van der Waals surface area (Å²) < 4.78 is 10.7. The standard InChI is InChI=1S/C17H30N2O5/c1-5-6-7-10-23-12-14(18-16(22)24-17(2,3)4)15(21)19-9-8-13(20)11-19/h5,13-14,20H,1,6-12H2,2-4H3,(H,18,22)/t13?,14-/m0/s1. The van der Waals surface area contributed by atoms with Crippen molar-refractivity contribution >= 4 is 12.0 Å². The SMILES string of the molecule is C=CCCCOC[C@H](NC(=O)OC(C)(C)C)C(=O)N1CCC(O)C1. The van der Waals surface area contributed by atoms with Gasteiger partial charge in [-0.3, -0.25) is 4.79 Å². The largest absolute Gasteiger partial charge is 0.444 e. The molecule has 0 bridgehead atoms. The molecule has 0 aromatic heterocycles. The highest BCUT2D eigenvalue weighted by molar-refractivity contribution is 5.86. The van der Waals surface area contributed by atoms with Crippen LogP contribution in [0.15, 0.2) is 12.7 Å². The number of aliphatic hydroxyl groups excluding tert-OH is 1. The van der Waals surface area contributed by atoms with Gasteiger partial charge in [0, 0.05) is 19.7 Å². The number of carbonyl (C=O) groups is 2. The minimum atomic E-state index is -0.825. The van der Waals surface area contributed by atoms with E-state index in [1.807, 2.05) is 0 Å². The van der Waals surface area contributed by atoms with E-state index in [2.05, 4.69) is 11.9 Å². The van der Waals surface area contributed by atoms with Gasteiger partial charge in [0.1, 0.15) is 11.6 Å². The van der Waals surface area contributed by atoms with Gasteiger partial charge < -0.3 is 24.8 Å². The Hall–Kier alpha value is -1.60. The first kappa shape index (κ1) is 20.4. The first-order valence-electron chi connectivity index (χ1n) is 8.38. The Kier molecular flexibility index (Phi) is 8.21. The van der Waals surface area contributed by atoms with Gasteiger partial charge in [-0.05, 0) is 40.0 Å². The highest BCUT2D eigenvalue weighted by Gasteiger charge is 2.32. The van der Waals surface area contributed by atoms with Crippen LogP contribution in [0.1, 0.15) is 40.0 Å². The Morgan fingerprint density at radius 3 is 2.71 bits per heavy atom. The summed E-state index contributed by atoms with van der Waals surface area (Å²) in [6.07, 6.45) is 2.82. The van der Waals surface area contributed by atoms with Crippen molar-refractivity contribution in [3.8, 4) is 0 Å². The molecule has 1 fully saturated rings. The molecule has 24 heavy (non-hydrogen) atoms. The fraction of sp³-hybridized carbons (Fsp3) is 0.765. The second kappa shape index (κ2) is 9.64. The summed E-state index contributed by atoms with van der Waals surface area (Å²) in [5, 5.41) is 12.2. The summed E-state index contributed by atoms with van der Waals surface area (Å²) >= 11 is 0. The van der Waals surface area contributed by atoms with Crippen LogP contribution in [0.3, 0.4) is 0 Å². The second-order valence-corrected chi connectivity index (χ2v) is 6.93. The average molecular weight is 342 g/mol. The number of nitrogens with zero attached hydrogens (tertiary/aromatic N) is 1. The third kappa shape index (κ3) is 7.79. The number of amides is 2. The molecule has 1 aliphatic rings. The van der Waals surface area contributed by atoms with Crippen LogP contribution in [0, 0.1) is 0 Å². The molecule has 1 heterocycles. The van der Waals surface area contributed by atoms with Gasteiger partial charge in [-0.1, -0.05) is 6.08 Å². The van der Waals surface area contributed by atoms with Crippen LogP contribution in [-0.2, 0) is 14.3 Å². The Balaban J connectivity index is 2.59. The summed E-state index contributed by atoms with van der Waals surface area (Å²) in [6.45, 7) is 10.2. The zero-order chi connectivity index (χ0) is 18.2. The van der Waals surface area contributed by atoms with Crippen molar-refractivity contribution in [1.29, 1.82) is 0 Å². The molecular weight excluding hydrogens is 312 g/mol. The molecule has 138 valence electrons. The van der Waals surface area contributed by atoms with Crippen molar-refractivity contribution in [3.05, 3.63) is 12.7 Å². The molecule has 2 N–H and O–H groups in total. The van der Waals surface area contributed by atoms with E-state index in [4.69, 9.17) is 9.47 Å². The van der Waals surface area contributed by atoms with Crippen molar-refractivity contribution < 1.29 is 24.2 Å². The van der Waals surface area contributed by atoms with Gasteiger partial charge in [-0.25, -0.2) is 4.79 Å². The monoisotopic (exact) mass is 342 g/mol.